The standard InChI is InChI=1S/C17H21N3O4/c1-4-5-10-23-17-15(14(24-19-17)11-20(2)3)16(21)12-8-6-7-9-13(12)18-22/h6-9H,4-5,10-11H2,1-3H3. The van der Waals surface area contributed by atoms with Crippen LogP contribution < -0.4 is 4.74 Å². The van der Waals surface area contributed by atoms with Crippen molar-refractivity contribution in [2.45, 2.75) is 26.3 Å². The number of hydrogen-bond donors (Lipinski definition) is 0. The van der Waals surface area contributed by atoms with Gasteiger partial charge in [0.25, 0.3) is 5.88 Å². The Balaban J connectivity index is 2.42. The molecule has 1 aromatic heterocycles. The predicted octanol–water partition coefficient (Wildman–Crippen LogP) is 3.54. The first-order valence-electron chi connectivity index (χ1n) is 7.81. The first-order chi connectivity index (χ1) is 11.6. The van der Waals surface area contributed by atoms with Crippen molar-refractivity contribution < 1.29 is 14.1 Å². The van der Waals surface area contributed by atoms with E-state index in [1.165, 1.54) is 6.07 Å². The summed E-state index contributed by atoms with van der Waals surface area (Å²) >= 11 is 0. The average Bonchev–Trinajstić information content (AvgIpc) is 2.96. The number of rotatable bonds is 9. The van der Waals surface area contributed by atoms with Crippen molar-refractivity contribution in [3.05, 3.63) is 46.1 Å². The van der Waals surface area contributed by atoms with E-state index in [0.717, 1.165) is 12.8 Å². The number of nitroso groups, excluding NO2 is 1. The second-order valence-electron chi connectivity index (χ2n) is 5.66. The number of hydrogen-bond acceptors (Lipinski definition) is 7. The summed E-state index contributed by atoms with van der Waals surface area (Å²) in [6.45, 7) is 2.88. The van der Waals surface area contributed by atoms with Crippen LogP contribution in [-0.2, 0) is 6.54 Å². The molecule has 0 spiro atoms. The van der Waals surface area contributed by atoms with E-state index in [2.05, 4.69) is 10.3 Å². The summed E-state index contributed by atoms with van der Waals surface area (Å²) in [5.74, 6) is 0.179. The first-order valence-corrected chi connectivity index (χ1v) is 7.81. The molecule has 0 fully saturated rings. The van der Waals surface area contributed by atoms with Gasteiger partial charge in [-0.2, -0.15) is 0 Å². The van der Waals surface area contributed by atoms with Gasteiger partial charge >= 0.3 is 0 Å². The maximum absolute atomic E-state index is 12.9. The van der Waals surface area contributed by atoms with Crippen molar-refractivity contribution in [2.75, 3.05) is 20.7 Å². The van der Waals surface area contributed by atoms with Gasteiger partial charge in [-0.1, -0.05) is 25.5 Å². The van der Waals surface area contributed by atoms with E-state index >= 15 is 0 Å². The van der Waals surface area contributed by atoms with Crippen LogP contribution in [0.2, 0.25) is 0 Å². The van der Waals surface area contributed by atoms with Crippen molar-refractivity contribution >= 4 is 11.5 Å². The Morgan fingerprint density at radius 1 is 1.33 bits per heavy atom. The Hall–Kier alpha value is -2.54. The van der Waals surface area contributed by atoms with Crippen LogP contribution in [0.4, 0.5) is 5.69 Å². The number of carbonyl (C=O) groups excluding carboxylic acids is 1. The maximum Gasteiger partial charge on any atom is 0.265 e. The van der Waals surface area contributed by atoms with Crippen molar-refractivity contribution in [1.29, 1.82) is 0 Å². The summed E-state index contributed by atoms with van der Waals surface area (Å²) in [6.07, 6.45) is 1.81. The Labute approximate surface area is 140 Å². The lowest BCUT2D eigenvalue weighted by atomic mass is 10.0. The fraction of sp³-hybridized carbons (Fsp3) is 0.412. The van der Waals surface area contributed by atoms with E-state index in [9.17, 15) is 9.70 Å². The third-order valence-electron chi connectivity index (χ3n) is 3.40. The van der Waals surface area contributed by atoms with Crippen molar-refractivity contribution in [2.24, 2.45) is 5.18 Å². The molecule has 128 valence electrons. The molecule has 1 heterocycles. The van der Waals surface area contributed by atoms with E-state index in [1.807, 2.05) is 25.9 Å². The molecule has 0 saturated heterocycles. The Morgan fingerprint density at radius 2 is 2.08 bits per heavy atom. The number of ketones is 1. The highest BCUT2D eigenvalue weighted by Gasteiger charge is 2.27. The minimum atomic E-state index is -0.380. The number of unbranched alkanes of at least 4 members (excludes halogenated alkanes) is 1. The molecule has 0 saturated carbocycles. The molecular weight excluding hydrogens is 310 g/mol. The number of benzene rings is 1. The summed E-state index contributed by atoms with van der Waals surface area (Å²) in [4.78, 5) is 25.8. The van der Waals surface area contributed by atoms with Crippen LogP contribution in [0.5, 0.6) is 5.88 Å². The quantitative estimate of drug-likeness (QED) is 0.397. The molecule has 2 rings (SSSR count). The third-order valence-corrected chi connectivity index (χ3v) is 3.40. The lowest BCUT2D eigenvalue weighted by molar-refractivity contribution is 0.103. The number of aromatic nitrogens is 1. The summed E-state index contributed by atoms with van der Waals surface area (Å²) in [7, 11) is 3.71. The van der Waals surface area contributed by atoms with Gasteiger partial charge in [-0.25, -0.2) is 0 Å². The zero-order chi connectivity index (χ0) is 17.5. The topological polar surface area (TPSA) is 85.0 Å². The molecular formula is C17H21N3O4. The van der Waals surface area contributed by atoms with Crippen LogP contribution in [0.15, 0.2) is 34.0 Å². The minimum absolute atomic E-state index is 0.0824. The molecule has 0 atom stereocenters. The van der Waals surface area contributed by atoms with Crippen LogP contribution >= 0.6 is 0 Å². The lowest BCUT2D eigenvalue weighted by Gasteiger charge is -2.09. The molecule has 0 unspecified atom stereocenters. The fourth-order valence-electron chi connectivity index (χ4n) is 2.22. The van der Waals surface area contributed by atoms with Gasteiger partial charge in [-0.05, 0) is 43.0 Å². The molecule has 1 aromatic carbocycles. The van der Waals surface area contributed by atoms with Crippen LogP contribution in [0.3, 0.4) is 0 Å². The Kier molecular flexibility index (Phi) is 6.20. The van der Waals surface area contributed by atoms with Crippen LogP contribution in [-0.4, -0.2) is 36.5 Å². The van der Waals surface area contributed by atoms with Crippen molar-refractivity contribution in [3.8, 4) is 5.88 Å². The third kappa shape index (κ3) is 4.05. The molecule has 2 aromatic rings. The number of ether oxygens (including phenoxy) is 1. The Bertz CT molecular complexity index is 710. The van der Waals surface area contributed by atoms with Gasteiger partial charge in [-0.3, -0.25) is 4.79 Å². The van der Waals surface area contributed by atoms with Gasteiger partial charge < -0.3 is 14.2 Å². The molecule has 0 N–H and O–H groups in total. The van der Waals surface area contributed by atoms with E-state index in [4.69, 9.17) is 9.26 Å². The molecule has 0 aliphatic rings. The molecule has 0 aliphatic heterocycles. The molecule has 7 nitrogen and oxygen atoms in total. The zero-order valence-electron chi connectivity index (χ0n) is 14.1. The molecule has 0 aliphatic carbocycles. The highest BCUT2D eigenvalue weighted by atomic mass is 16.5. The van der Waals surface area contributed by atoms with Gasteiger partial charge in [-0.15, -0.1) is 4.91 Å². The van der Waals surface area contributed by atoms with Crippen LogP contribution in [0.1, 0.15) is 41.4 Å². The predicted molar refractivity (Wildman–Crippen MR) is 89.6 cm³/mol. The van der Waals surface area contributed by atoms with Crippen LogP contribution in [0.25, 0.3) is 0 Å². The molecule has 7 heteroatoms. The van der Waals surface area contributed by atoms with E-state index in [1.54, 1.807) is 18.2 Å². The second-order valence-corrected chi connectivity index (χ2v) is 5.66. The highest BCUT2D eigenvalue weighted by Crippen LogP contribution is 2.29. The monoisotopic (exact) mass is 331 g/mol. The molecule has 0 radical (unpaired) electrons. The smallest absolute Gasteiger partial charge is 0.265 e. The van der Waals surface area contributed by atoms with Gasteiger partial charge in [0.1, 0.15) is 11.3 Å². The summed E-state index contributed by atoms with van der Waals surface area (Å²) < 4.78 is 10.9. The number of carbonyl (C=O) groups is 1. The van der Waals surface area contributed by atoms with Crippen molar-refractivity contribution in [1.82, 2.24) is 10.1 Å². The maximum atomic E-state index is 12.9. The normalized spacial score (nSPS) is 10.8. The zero-order valence-corrected chi connectivity index (χ0v) is 14.1. The van der Waals surface area contributed by atoms with Gasteiger partial charge in [0.15, 0.2) is 5.76 Å². The van der Waals surface area contributed by atoms with E-state index < -0.39 is 0 Å². The van der Waals surface area contributed by atoms with Gasteiger partial charge in [0.05, 0.1) is 18.7 Å². The van der Waals surface area contributed by atoms with Gasteiger partial charge in [0.2, 0.25) is 5.78 Å². The second kappa shape index (κ2) is 8.35. The van der Waals surface area contributed by atoms with Crippen LogP contribution in [0, 0.1) is 4.91 Å². The first kappa shape index (κ1) is 17.8. The lowest BCUT2D eigenvalue weighted by Crippen LogP contribution is -2.14. The molecule has 0 bridgehead atoms. The largest absolute Gasteiger partial charge is 0.475 e. The summed E-state index contributed by atoms with van der Waals surface area (Å²) in [6, 6.07) is 6.39. The summed E-state index contributed by atoms with van der Waals surface area (Å²) in [5.41, 5.74) is 0.533. The van der Waals surface area contributed by atoms with Crippen molar-refractivity contribution in [3.63, 3.8) is 0 Å². The fourth-order valence-corrected chi connectivity index (χ4v) is 2.22. The van der Waals surface area contributed by atoms with Gasteiger partial charge in [0, 0.05) is 0 Å². The Morgan fingerprint density at radius 3 is 2.75 bits per heavy atom. The average molecular weight is 331 g/mol. The molecule has 0 amide bonds. The number of nitrogens with zero attached hydrogens (tertiary/aromatic N) is 3. The SMILES string of the molecule is CCCCOc1noc(CN(C)C)c1C(=O)c1ccccc1N=O. The minimum Gasteiger partial charge on any atom is -0.475 e. The summed E-state index contributed by atoms with van der Waals surface area (Å²) in [5, 5.41) is 6.81. The van der Waals surface area contributed by atoms with E-state index in [-0.39, 0.29) is 28.5 Å². The van der Waals surface area contributed by atoms with E-state index in [0.29, 0.717) is 18.9 Å². The molecule has 24 heavy (non-hydrogen) atoms. The highest BCUT2D eigenvalue weighted by molar-refractivity contribution is 6.13.